The summed E-state index contributed by atoms with van der Waals surface area (Å²) in [6.45, 7) is 4.73. The molecular weight excluding hydrogens is 573 g/mol. The minimum Gasteiger partial charge on any atom is -0.278 e. The van der Waals surface area contributed by atoms with Gasteiger partial charge < -0.3 is 0 Å². The van der Waals surface area contributed by atoms with Gasteiger partial charge in [0, 0.05) is 32.5 Å². The number of fused-ring (bicyclic) bond motifs is 13. The van der Waals surface area contributed by atoms with Crippen molar-refractivity contribution in [3.63, 3.8) is 0 Å². The van der Waals surface area contributed by atoms with E-state index in [9.17, 15) is 0 Å². The molecule has 10 aromatic rings. The zero-order chi connectivity index (χ0) is 31.0. The Hall–Kier alpha value is -6.00. The highest BCUT2D eigenvalue weighted by atomic mass is 15.2. The monoisotopic (exact) mass is 600 g/mol. The second-order valence-electron chi connectivity index (χ2n) is 13.4. The van der Waals surface area contributed by atoms with E-state index in [1.807, 2.05) is 0 Å². The molecule has 0 saturated carbocycles. The molecule has 1 aliphatic carbocycles. The Morgan fingerprint density at radius 3 is 2.17 bits per heavy atom. The summed E-state index contributed by atoms with van der Waals surface area (Å²) in [5.74, 6) is 0.843. The third-order valence-electron chi connectivity index (χ3n) is 10.6. The Labute approximate surface area is 270 Å². The number of hydrogen-bond acceptors (Lipinski definition) is 2. The molecule has 0 amide bonds. The maximum Gasteiger partial charge on any atom is 0.221 e. The van der Waals surface area contributed by atoms with Gasteiger partial charge in [0.1, 0.15) is 5.65 Å². The Kier molecular flexibility index (Phi) is 4.63. The predicted molar refractivity (Wildman–Crippen MR) is 195 cm³/mol. The molecular formula is C43H28N4. The van der Waals surface area contributed by atoms with E-state index in [-0.39, 0.29) is 5.41 Å². The lowest BCUT2D eigenvalue weighted by molar-refractivity contribution is 0.645. The summed E-state index contributed by atoms with van der Waals surface area (Å²) in [4.78, 5) is 10.7. The average Bonchev–Trinajstić information content (AvgIpc) is 3.66. The van der Waals surface area contributed by atoms with Crippen LogP contribution in [0, 0.1) is 0 Å². The van der Waals surface area contributed by atoms with Crippen molar-refractivity contribution in [1.82, 2.24) is 18.9 Å². The van der Waals surface area contributed by atoms with Crippen molar-refractivity contribution in [2.75, 3.05) is 0 Å². The first-order valence-electron chi connectivity index (χ1n) is 16.3. The van der Waals surface area contributed by atoms with E-state index in [1.54, 1.807) is 0 Å². The molecule has 0 radical (unpaired) electrons. The van der Waals surface area contributed by atoms with E-state index in [0.717, 1.165) is 44.6 Å². The SMILES string of the molecule is CC1(C)c2ccccc2-c2c3c1cccc3cc1c2c2ccc3ccccc3c2n1-c1nc2ccccc2c2nc3ccccc3n12. The van der Waals surface area contributed by atoms with Gasteiger partial charge in [0.05, 0.1) is 27.6 Å². The van der Waals surface area contributed by atoms with Crippen LogP contribution in [0.25, 0.3) is 88.0 Å². The van der Waals surface area contributed by atoms with Crippen LogP contribution in [0.3, 0.4) is 0 Å². The number of rotatable bonds is 1. The van der Waals surface area contributed by atoms with Crippen LogP contribution in [-0.2, 0) is 5.41 Å². The maximum atomic E-state index is 5.50. The fourth-order valence-corrected chi connectivity index (χ4v) is 8.58. The molecule has 7 aromatic carbocycles. The zero-order valence-electron chi connectivity index (χ0n) is 26.0. The van der Waals surface area contributed by atoms with Gasteiger partial charge in [-0.2, -0.15) is 0 Å². The quantitative estimate of drug-likeness (QED) is 0.188. The molecule has 1 aliphatic rings. The van der Waals surface area contributed by atoms with Crippen molar-refractivity contribution < 1.29 is 0 Å². The van der Waals surface area contributed by atoms with E-state index in [1.165, 1.54) is 54.6 Å². The molecule has 11 rings (SSSR count). The molecule has 47 heavy (non-hydrogen) atoms. The highest BCUT2D eigenvalue weighted by Gasteiger charge is 2.35. The van der Waals surface area contributed by atoms with Crippen molar-refractivity contribution in [2.45, 2.75) is 19.3 Å². The van der Waals surface area contributed by atoms with Gasteiger partial charge >= 0.3 is 0 Å². The molecule has 0 aliphatic heterocycles. The Balaban J connectivity index is 1.46. The minimum absolute atomic E-state index is 0.121. The first-order chi connectivity index (χ1) is 23.1. The molecule has 0 N–H and O–H groups in total. The van der Waals surface area contributed by atoms with Gasteiger partial charge in [-0.05, 0) is 63.2 Å². The van der Waals surface area contributed by atoms with Crippen LogP contribution in [-0.4, -0.2) is 18.9 Å². The highest BCUT2D eigenvalue weighted by Crippen LogP contribution is 2.53. The van der Waals surface area contributed by atoms with Crippen molar-refractivity contribution >= 4 is 70.9 Å². The topological polar surface area (TPSA) is 35.1 Å². The summed E-state index contributed by atoms with van der Waals surface area (Å²) in [5.41, 5.74) is 11.4. The fourth-order valence-electron chi connectivity index (χ4n) is 8.58. The van der Waals surface area contributed by atoms with E-state index < -0.39 is 0 Å². The van der Waals surface area contributed by atoms with E-state index in [4.69, 9.17) is 9.97 Å². The highest BCUT2D eigenvalue weighted by molar-refractivity contribution is 6.28. The predicted octanol–water partition coefficient (Wildman–Crippen LogP) is 10.7. The number of aromatic nitrogens is 4. The lowest BCUT2D eigenvalue weighted by Crippen LogP contribution is -2.23. The number of hydrogen-bond donors (Lipinski definition) is 0. The van der Waals surface area contributed by atoms with Crippen LogP contribution in [0.4, 0.5) is 0 Å². The van der Waals surface area contributed by atoms with Crippen LogP contribution in [0.5, 0.6) is 0 Å². The van der Waals surface area contributed by atoms with Gasteiger partial charge in [-0.25, -0.2) is 9.97 Å². The van der Waals surface area contributed by atoms with E-state index >= 15 is 0 Å². The van der Waals surface area contributed by atoms with E-state index in [2.05, 4.69) is 156 Å². The van der Waals surface area contributed by atoms with Gasteiger partial charge in [-0.15, -0.1) is 0 Å². The molecule has 0 saturated heterocycles. The maximum absolute atomic E-state index is 5.50. The summed E-state index contributed by atoms with van der Waals surface area (Å²) in [7, 11) is 0. The summed E-state index contributed by atoms with van der Waals surface area (Å²) >= 11 is 0. The molecule has 3 heterocycles. The normalized spacial score (nSPS) is 13.9. The summed E-state index contributed by atoms with van der Waals surface area (Å²) in [6, 6.07) is 48.4. The third kappa shape index (κ3) is 3.08. The molecule has 0 bridgehead atoms. The third-order valence-corrected chi connectivity index (χ3v) is 10.6. The molecule has 0 unspecified atom stereocenters. The standard InChI is InChI=1S/C43H28N4/c1-43(2)31-17-7-5-15-28(31)39-37-26(13-11-18-32(37)43)24-36-38(39)30-23-22-25-12-3-4-14-27(25)40(30)46(36)42-45-33-19-8-6-16-29(33)41-44-34-20-9-10-21-35(34)47(41)42/h3-24H,1-2H3. The van der Waals surface area contributed by atoms with Gasteiger partial charge in [0.2, 0.25) is 5.95 Å². The van der Waals surface area contributed by atoms with Crippen LogP contribution < -0.4 is 0 Å². The van der Waals surface area contributed by atoms with Crippen LogP contribution in [0.1, 0.15) is 25.0 Å². The molecule has 0 atom stereocenters. The second kappa shape index (κ2) is 8.62. The van der Waals surface area contributed by atoms with Crippen molar-refractivity contribution in [3.05, 3.63) is 145 Å². The van der Waals surface area contributed by atoms with Crippen LogP contribution in [0.2, 0.25) is 0 Å². The summed E-state index contributed by atoms with van der Waals surface area (Å²) in [5, 5.41) is 8.54. The molecule has 220 valence electrons. The second-order valence-corrected chi connectivity index (χ2v) is 13.4. The number of nitrogens with zero attached hydrogens (tertiary/aromatic N) is 4. The number of para-hydroxylation sites is 3. The molecule has 3 aromatic heterocycles. The van der Waals surface area contributed by atoms with Crippen molar-refractivity contribution in [1.29, 1.82) is 0 Å². The Morgan fingerprint density at radius 1 is 0.532 bits per heavy atom. The first kappa shape index (κ1) is 25.2. The smallest absolute Gasteiger partial charge is 0.221 e. The number of benzene rings is 7. The molecule has 4 nitrogen and oxygen atoms in total. The lowest BCUT2D eigenvalue weighted by atomic mass is 9.68. The van der Waals surface area contributed by atoms with E-state index in [0.29, 0.717) is 0 Å². The van der Waals surface area contributed by atoms with Crippen molar-refractivity contribution in [2.24, 2.45) is 0 Å². The zero-order valence-corrected chi connectivity index (χ0v) is 26.0. The number of imidazole rings is 1. The van der Waals surface area contributed by atoms with Gasteiger partial charge in [0.15, 0.2) is 0 Å². The summed E-state index contributed by atoms with van der Waals surface area (Å²) < 4.78 is 4.69. The minimum atomic E-state index is -0.121. The molecule has 0 spiro atoms. The van der Waals surface area contributed by atoms with Gasteiger partial charge in [-0.3, -0.25) is 8.97 Å². The van der Waals surface area contributed by atoms with Gasteiger partial charge in [-0.1, -0.05) is 117 Å². The van der Waals surface area contributed by atoms with Gasteiger partial charge in [0.25, 0.3) is 0 Å². The van der Waals surface area contributed by atoms with Crippen molar-refractivity contribution in [3.8, 4) is 17.1 Å². The average molecular weight is 601 g/mol. The Bertz CT molecular complexity index is 2990. The fraction of sp³-hybridized carbons (Fsp3) is 0.0698. The molecule has 4 heteroatoms. The van der Waals surface area contributed by atoms with Crippen LogP contribution in [0.15, 0.2) is 133 Å². The Morgan fingerprint density at radius 2 is 1.26 bits per heavy atom. The summed E-state index contributed by atoms with van der Waals surface area (Å²) in [6.07, 6.45) is 0. The first-order valence-corrected chi connectivity index (χ1v) is 16.3. The van der Waals surface area contributed by atoms with Crippen LogP contribution >= 0.6 is 0 Å². The largest absolute Gasteiger partial charge is 0.278 e. The lowest BCUT2D eigenvalue weighted by Gasteiger charge is -2.35. The molecule has 0 fully saturated rings.